The third kappa shape index (κ3) is 3.70. The highest BCUT2D eigenvalue weighted by molar-refractivity contribution is 5.85. The van der Waals surface area contributed by atoms with Gasteiger partial charge in [0.2, 0.25) is 5.88 Å². The van der Waals surface area contributed by atoms with E-state index in [0.29, 0.717) is 11.8 Å². The molecule has 0 aromatic carbocycles. The molecular weight excluding hydrogens is 290 g/mol. The summed E-state index contributed by atoms with van der Waals surface area (Å²) in [5, 5.41) is 0. The average molecular weight is 312 g/mol. The molecule has 0 N–H and O–H groups in total. The Labute approximate surface area is 131 Å². The molecule has 0 amide bonds. The van der Waals surface area contributed by atoms with Gasteiger partial charge in [-0.3, -0.25) is 9.36 Å². The molecule has 0 aromatic rings. The quantitative estimate of drug-likeness (QED) is 0.872. The Morgan fingerprint density at radius 3 is 2.29 bits per heavy atom. The molecule has 0 radical (unpaired) electrons. The summed E-state index contributed by atoms with van der Waals surface area (Å²) < 4.78 is 13.0. The van der Waals surface area contributed by atoms with E-state index in [4.69, 9.17) is 9.47 Å². The molecular formula is C16H22ClNO3. The first-order chi connectivity index (χ1) is 9.35. The van der Waals surface area contributed by atoms with Gasteiger partial charge in [0.1, 0.15) is 0 Å². The van der Waals surface area contributed by atoms with Crippen LogP contribution < -0.4 is 14.9 Å². The summed E-state index contributed by atoms with van der Waals surface area (Å²) >= 11 is 0. The fourth-order valence-corrected chi connectivity index (χ4v) is 2.32. The molecule has 2 rings (SSSR count). The zero-order valence-corrected chi connectivity index (χ0v) is 13.9. The van der Waals surface area contributed by atoms with E-state index in [1.54, 1.807) is 32.4 Å². The van der Waals surface area contributed by atoms with Crippen molar-refractivity contribution in [2.75, 3.05) is 14.2 Å². The first-order valence-electron chi connectivity index (χ1n) is 6.61. The number of halogens is 1. The average Bonchev–Trinajstić information content (AvgIpc) is 2.36. The lowest BCUT2D eigenvalue weighted by Gasteiger charge is -2.27. The molecule has 4 nitrogen and oxygen atoms in total. The zero-order valence-electron chi connectivity index (χ0n) is 13.1. The molecule has 0 saturated heterocycles. The summed E-state index contributed by atoms with van der Waals surface area (Å²) in [6, 6.07) is 6.83. The summed E-state index contributed by atoms with van der Waals surface area (Å²) in [5.41, 5.74) is 1.81. The number of hydrogen-bond acceptors (Lipinski definition) is 3. The maximum absolute atomic E-state index is 11.5. The lowest BCUT2D eigenvalue weighted by molar-refractivity contribution is 0.266. The van der Waals surface area contributed by atoms with Crippen molar-refractivity contribution in [3.8, 4) is 22.9 Å². The van der Waals surface area contributed by atoms with Crippen molar-refractivity contribution in [1.29, 1.82) is 0 Å². The first kappa shape index (κ1) is 17.4. The van der Waals surface area contributed by atoms with E-state index in [0.717, 1.165) is 17.7 Å². The molecule has 0 unspecified atom stereocenters. The minimum Gasteiger partial charge on any atom is -0.482 e. The number of hydrogen-bond donors (Lipinski definition) is 0. The number of nitrogens with zero attached hydrogens (tertiary/aromatic N) is 1. The van der Waals surface area contributed by atoms with E-state index < -0.39 is 0 Å². The Balaban J connectivity index is 0.00000220. The van der Waals surface area contributed by atoms with E-state index in [1.807, 2.05) is 10.6 Å². The molecule has 5 heteroatoms. The molecule has 2 aliphatic rings. The smallest absolute Gasteiger partial charge is 0.204 e. The van der Waals surface area contributed by atoms with Crippen molar-refractivity contribution in [3.05, 3.63) is 34.5 Å². The van der Waals surface area contributed by atoms with Gasteiger partial charge in [-0.1, -0.05) is 20.8 Å². The minimum absolute atomic E-state index is 0. The Bertz CT molecular complexity index is 643. The van der Waals surface area contributed by atoms with Gasteiger partial charge in [0.15, 0.2) is 11.3 Å². The highest BCUT2D eigenvalue weighted by atomic mass is 35.5. The van der Waals surface area contributed by atoms with Crippen LogP contribution in [0.1, 0.15) is 20.8 Å². The minimum atomic E-state index is -0.0184. The Hall–Kier alpha value is -1.68. The highest BCUT2D eigenvalue weighted by Gasteiger charge is 2.21. The van der Waals surface area contributed by atoms with Crippen LogP contribution in [0.3, 0.4) is 0 Å². The predicted octanol–water partition coefficient (Wildman–Crippen LogP) is 3.44. The maximum Gasteiger partial charge on any atom is 0.204 e. The van der Waals surface area contributed by atoms with Crippen LogP contribution in [0.15, 0.2) is 29.1 Å². The molecule has 0 saturated carbocycles. The maximum atomic E-state index is 11.5. The van der Waals surface area contributed by atoms with Crippen molar-refractivity contribution < 1.29 is 9.47 Å². The van der Waals surface area contributed by atoms with Crippen LogP contribution in [0.2, 0.25) is 0 Å². The fourth-order valence-electron chi connectivity index (χ4n) is 2.32. The molecule has 0 aromatic heterocycles. The number of fused-ring (bicyclic) bond motifs is 1. The molecule has 1 aliphatic heterocycles. The topological polar surface area (TPSA) is 40.5 Å². The SMILES string of the molecule is COc1cc2cc(=O)ccc-2c(OC)n1CC(C)(C)C.Cl. The third-order valence-corrected chi connectivity index (χ3v) is 3.08. The molecule has 0 spiro atoms. The summed E-state index contributed by atoms with van der Waals surface area (Å²) in [6.07, 6.45) is 0. The molecule has 0 atom stereocenters. The van der Waals surface area contributed by atoms with Gasteiger partial charge in [-0.15, -0.1) is 12.4 Å². The van der Waals surface area contributed by atoms with Crippen LogP contribution in [-0.2, 0) is 6.54 Å². The van der Waals surface area contributed by atoms with E-state index in [-0.39, 0.29) is 23.3 Å². The first-order valence-corrected chi connectivity index (χ1v) is 6.61. The van der Waals surface area contributed by atoms with Crippen LogP contribution in [0.5, 0.6) is 11.8 Å². The van der Waals surface area contributed by atoms with Crippen molar-refractivity contribution in [1.82, 2.24) is 4.57 Å². The van der Waals surface area contributed by atoms with E-state index in [1.165, 1.54) is 0 Å². The zero-order chi connectivity index (χ0) is 14.9. The Morgan fingerprint density at radius 1 is 1.10 bits per heavy atom. The van der Waals surface area contributed by atoms with Crippen LogP contribution in [0, 0.1) is 5.41 Å². The van der Waals surface area contributed by atoms with Crippen LogP contribution in [0.4, 0.5) is 0 Å². The van der Waals surface area contributed by atoms with E-state index >= 15 is 0 Å². The van der Waals surface area contributed by atoms with Crippen molar-refractivity contribution >= 4 is 12.4 Å². The highest BCUT2D eigenvalue weighted by Crippen LogP contribution is 2.37. The lowest BCUT2D eigenvalue weighted by atomic mass is 9.96. The standard InChI is InChI=1S/C16H21NO3.ClH/c1-16(2,3)10-17-14(19-4)9-11-8-12(18)6-7-13(11)15(17)20-5;/h6-9H,10H2,1-5H3;1H. The number of methoxy groups -OCH3 is 2. The monoisotopic (exact) mass is 311 g/mol. The second-order valence-corrected chi connectivity index (χ2v) is 6.09. The Kier molecular flexibility index (Phi) is 5.29. The van der Waals surface area contributed by atoms with Crippen LogP contribution >= 0.6 is 12.4 Å². The normalized spacial score (nSPS) is 11.1. The number of benzene rings is 1. The summed E-state index contributed by atoms with van der Waals surface area (Å²) in [7, 11) is 3.26. The molecule has 1 aliphatic carbocycles. The van der Waals surface area contributed by atoms with Gasteiger partial charge in [0.05, 0.1) is 14.2 Å². The number of rotatable bonds is 3. The molecule has 1 heterocycles. The molecule has 21 heavy (non-hydrogen) atoms. The largest absolute Gasteiger partial charge is 0.482 e. The second-order valence-electron chi connectivity index (χ2n) is 6.09. The summed E-state index contributed by atoms with van der Waals surface area (Å²) in [6.45, 7) is 7.23. The van der Waals surface area contributed by atoms with Gasteiger partial charge in [0.25, 0.3) is 0 Å². The second kappa shape index (κ2) is 6.39. The van der Waals surface area contributed by atoms with Gasteiger partial charge < -0.3 is 9.47 Å². The summed E-state index contributed by atoms with van der Waals surface area (Å²) in [5.74, 6) is 1.41. The van der Waals surface area contributed by atoms with E-state index in [9.17, 15) is 4.79 Å². The molecule has 0 fully saturated rings. The van der Waals surface area contributed by atoms with Gasteiger partial charge in [-0.05, 0) is 29.2 Å². The number of aromatic nitrogens is 1. The number of pyridine rings is 1. The van der Waals surface area contributed by atoms with Gasteiger partial charge in [-0.2, -0.15) is 0 Å². The van der Waals surface area contributed by atoms with Gasteiger partial charge >= 0.3 is 0 Å². The fraction of sp³-hybridized carbons (Fsp3) is 0.438. The number of ether oxygens (including phenoxy) is 2. The van der Waals surface area contributed by atoms with E-state index in [2.05, 4.69) is 20.8 Å². The van der Waals surface area contributed by atoms with Gasteiger partial charge in [-0.25, -0.2) is 0 Å². The van der Waals surface area contributed by atoms with Crippen molar-refractivity contribution in [3.63, 3.8) is 0 Å². The third-order valence-electron chi connectivity index (χ3n) is 3.08. The molecule has 0 bridgehead atoms. The van der Waals surface area contributed by atoms with Gasteiger partial charge in [0, 0.05) is 18.2 Å². The molecule has 116 valence electrons. The van der Waals surface area contributed by atoms with Crippen LogP contribution in [-0.4, -0.2) is 18.8 Å². The summed E-state index contributed by atoms with van der Waals surface area (Å²) in [4.78, 5) is 11.5. The van der Waals surface area contributed by atoms with Crippen LogP contribution in [0.25, 0.3) is 11.1 Å². The Morgan fingerprint density at radius 2 is 1.76 bits per heavy atom. The lowest BCUT2D eigenvalue weighted by Crippen LogP contribution is -2.19. The predicted molar refractivity (Wildman–Crippen MR) is 87.1 cm³/mol. The van der Waals surface area contributed by atoms with Crippen molar-refractivity contribution in [2.45, 2.75) is 27.3 Å². The van der Waals surface area contributed by atoms with Crippen molar-refractivity contribution in [2.24, 2.45) is 5.41 Å².